The molecule has 0 radical (unpaired) electrons. The number of nitrogens with one attached hydrogen (secondary N) is 1. The first-order chi connectivity index (χ1) is 15.1. The van der Waals surface area contributed by atoms with Crippen molar-refractivity contribution in [3.05, 3.63) is 53.6 Å². The van der Waals surface area contributed by atoms with E-state index in [1.165, 1.54) is 11.2 Å². The molecule has 0 saturated carbocycles. The normalized spacial score (nSPS) is 16.5. The van der Waals surface area contributed by atoms with E-state index >= 15 is 0 Å². The van der Waals surface area contributed by atoms with Crippen LogP contribution in [0.1, 0.15) is 18.1 Å². The summed E-state index contributed by atoms with van der Waals surface area (Å²) in [4.78, 5) is 13.4. The van der Waals surface area contributed by atoms with Gasteiger partial charge in [-0.1, -0.05) is 6.07 Å². The standard InChI is InChI=1S/C23H31N3O5S/c1-17-4-9-23(14-18(17)2)32(29,30)26-12-10-25(11-13-26)15-21(28)16-31-22-7-5-20(6-8-22)24-19(3)27/h4-9,14,21,28H,10-13,15-16H2,1-3H3,(H,24,27). The first kappa shape index (κ1) is 24.2. The van der Waals surface area contributed by atoms with Crippen LogP contribution in [0, 0.1) is 13.8 Å². The number of carbonyl (C=O) groups is 1. The first-order valence-corrected chi connectivity index (χ1v) is 12.1. The van der Waals surface area contributed by atoms with E-state index < -0.39 is 16.1 Å². The van der Waals surface area contributed by atoms with E-state index in [1.54, 1.807) is 36.4 Å². The summed E-state index contributed by atoms with van der Waals surface area (Å²) in [5, 5.41) is 13.0. The highest BCUT2D eigenvalue weighted by Crippen LogP contribution is 2.21. The third-order valence-corrected chi connectivity index (χ3v) is 7.43. The largest absolute Gasteiger partial charge is 0.491 e. The number of aliphatic hydroxyl groups excluding tert-OH is 1. The maximum Gasteiger partial charge on any atom is 0.243 e. The molecule has 2 aromatic carbocycles. The van der Waals surface area contributed by atoms with E-state index in [0.29, 0.717) is 49.1 Å². The summed E-state index contributed by atoms with van der Waals surface area (Å²) in [6, 6.07) is 12.1. The molecule has 0 spiro atoms. The number of sulfonamides is 1. The minimum absolute atomic E-state index is 0.126. The molecule has 1 fully saturated rings. The fraction of sp³-hybridized carbons (Fsp3) is 0.435. The molecule has 1 aliphatic rings. The van der Waals surface area contributed by atoms with Gasteiger partial charge in [-0.15, -0.1) is 0 Å². The smallest absolute Gasteiger partial charge is 0.243 e. The van der Waals surface area contributed by atoms with Crippen molar-refractivity contribution in [2.75, 3.05) is 44.6 Å². The van der Waals surface area contributed by atoms with Crippen molar-refractivity contribution in [1.82, 2.24) is 9.21 Å². The number of aliphatic hydroxyl groups is 1. The number of piperazine rings is 1. The number of ether oxygens (including phenoxy) is 1. The Balaban J connectivity index is 1.46. The van der Waals surface area contributed by atoms with Gasteiger partial charge in [-0.2, -0.15) is 4.31 Å². The number of benzene rings is 2. The van der Waals surface area contributed by atoms with Crippen LogP contribution in [-0.2, 0) is 14.8 Å². The summed E-state index contributed by atoms with van der Waals surface area (Å²) in [5.74, 6) is 0.457. The van der Waals surface area contributed by atoms with Crippen LogP contribution in [0.15, 0.2) is 47.4 Å². The third kappa shape index (κ3) is 6.29. The maximum absolute atomic E-state index is 12.9. The fourth-order valence-electron chi connectivity index (χ4n) is 3.56. The van der Waals surface area contributed by atoms with Crippen LogP contribution in [-0.4, -0.2) is 74.1 Å². The molecular weight excluding hydrogens is 430 g/mol. The van der Waals surface area contributed by atoms with Crippen molar-refractivity contribution in [3.63, 3.8) is 0 Å². The Bertz CT molecular complexity index is 1030. The summed E-state index contributed by atoms with van der Waals surface area (Å²) in [5.41, 5.74) is 2.70. The van der Waals surface area contributed by atoms with Gasteiger partial charge in [0.05, 0.1) is 4.90 Å². The van der Waals surface area contributed by atoms with Crippen LogP contribution in [0.25, 0.3) is 0 Å². The molecule has 1 heterocycles. The quantitative estimate of drug-likeness (QED) is 0.624. The minimum Gasteiger partial charge on any atom is -0.491 e. The second-order valence-electron chi connectivity index (χ2n) is 8.12. The van der Waals surface area contributed by atoms with Crippen LogP contribution in [0.3, 0.4) is 0 Å². The summed E-state index contributed by atoms with van der Waals surface area (Å²) in [6.45, 7) is 7.70. The van der Waals surface area contributed by atoms with Crippen LogP contribution in [0.5, 0.6) is 5.75 Å². The SMILES string of the molecule is CC(=O)Nc1ccc(OCC(O)CN2CCN(S(=O)(=O)c3ccc(C)c(C)c3)CC2)cc1. The highest BCUT2D eigenvalue weighted by Gasteiger charge is 2.29. The van der Waals surface area contributed by atoms with Gasteiger partial charge in [-0.25, -0.2) is 8.42 Å². The van der Waals surface area contributed by atoms with Crippen LogP contribution in [0.2, 0.25) is 0 Å². The Morgan fingerprint density at radius 1 is 1.06 bits per heavy atom. The van der Waals surface area contributed by atoms with Crippen molar-refractivity contribution < 1.29 is 23.1 Å². The van der Waals surface area contributed by atoms with Crippen molar-refractivity contribution in [2.24, 2.45) is 0 Å². The van der Waals surface area contributed by atoms with Crippen molar-refractivity contribution >= 4 is 21.6 Å². The lowest BCUT2D eigenvalue weighted by atomic mass is 10.1. The second kappa shape index (κ2) is 10.4. The zero-order valence-corrected chi connectivity index (χ0v) is 19.6. The van der Waals surface area contributed by atoms with Gasteiger partial charge in [0.25, 0.3) is 0 Å². The number of nitrogens with zero attached hydrogens (tertiary/aromatic N) is 2. The minimum atomic E-state index is -3.52. The van der Waals surface area contributed by atoms with E-state index in [-0.39, 0.29) is 12.5 Å². The number of hydrogen-bond donors (Lipinski definition) is 2. The number of rotatable bonds is 8. The molecule has 2 N–H and O–H groups in total. The lowest BCUT2D eigenvalue weighted by molar-refractivity contribution is -0.114. The molecule has 3 rings (SSSR count). The monoisotopic (exact) mass is 461 g/mol. The van der Waals surface area contributed by atoms with E-state index in [4.69, 9.17) is 4.74 Å². The van der Waals surface area contributed by atoms with Crippen LogP contribution < -0.4 is 10.1 Å². The molecular formula is C23H31N3O5S. The Morgan fingerprint density at radius 3 is 2.31 bits per heavy atom. The number of carbonyl (C=O) groups excluding carboxylic acids is 1. The fourth-order valence-corrected chi connectivity index (χ4v) is 5.06. The summed E-state index contributed by atoms with van der Waals surface area (Å²) >= 11 is 0. The molecule has 2 aromatic rings. The lowest BCUT2D eigenvalue weighted by Crippen LogP contribution is -2.50. The summed E-state index contributed by atoms with van der Waals surface area (Å²) < 4.78 is 33.0. The van der Waals surface area contributed by atoms with Crippen LogP contribution in [0.4, 0.5) is 5.69 Å². The topological polar surface area (TPSA) is 99.2 Å². The number of amides is 1. The Hall–Kier alpha value is -2.46. The molecule has 174 valence electrons. The van der Waals surface area contributed by atoms with E-state index in [2.05, 4.69) is 5.32 Å². The van der Waals surface area contributed by atoms with Gasteiger partial charge in [-0.3, -0.25) is 9.69 Å². The van der Waals surface area contributed by atoms with Crippen molar-refractivity contribution in [2.45, 2.75) is 31.8 Å². The van der Waals surface area contributed by atoms with Gasteiger partial charge in [0.15, 0.2) is 0 Å². The number of hydrogen-bond acceptors (Lipinski definition) is 6. The molecule has 1 unspecified atom stereocenters. The maximum atomic E-state index is 12.9. The first-order valence-electron chi connectivity index (χ1n) is 10.6. The zero-order valence-electron chi connectivity index (χ0n) is 18.7. The molecule has 0 aliphatic carbocycles. The molecule has 1 aliphatic heterocycles. The molecule has 8 nitrogen and oxygen atoms in total. The van der Waals surface area contributed by atoms with Crippen molar-refractivity contribution in [3.8, 4) is 5.75 Å². The predicted octanol–water partition coefficient (Wildman–Crippen LogP) is 2.01. The lowest BCUT2D eigenvalue weighted by Gasteiger charge is -2.34. The molecule has 0 bridgehead atoms. The van der Waals surface area contributed by atoms with Gasteiger partial charge in [0.2, 0.25) is 15.9 Å². The average Bonchev–Trinajstić information content (AvgIpc) is 2.75. The Morgan fingerprint density at radius 2 is 1.72 bits per heavy atom. The molecule has 1 amide bonds. The molecule has 1 saturated heterocycles. The van der Waals surface area contributed by atoms with Gasteiger partial charge < -0.3 is 15.2 Å². The average molecular weight is 462 g/mol. The van der Waals surface area contributed by atoms with Gasteiger partial charge in [0.1, 0.15) is 18.5 Å². The van der Waals surface area contributed by atoms with Gasteiger partial charge in [0, 0.05) is 45.3 Å². The molecule has 32 heavy (non-hydrogen) atoms. The molecule has 1 atom stereocenters. The van der Waals surface area contributed by atoms with Crippen LogP contribution >= 0.6 is 0 Å². The number of anilines is 1. The predicted molar refractivity (Wildman–Crippen MR) is 123 cm³/mol. The Labute approximate surface area is 189 Å². The number of β-amino-alcohol motifs (C(OH)–C–C–N with tert-alkyl or cyclic N) is 1. The summed E-state index contributed by atoms with van der Waals surface area (Å²) in [7, 11) is -3.52. The molecule has 0 aromatic heterocycles. The Kier molecular flexibility index (Phi) is 7.89. The van der Waals surface area contributed by atoms with Gasteiger partial charge >= 0.3 is 0 Å². The summed E-state index contributed by atoms with van der Waals surface area (Å²) in [6.07, 6.45) is -0.701. The van der Waals surface area contributed by atoms with Gasteiger partial charge in [-0.05, 0) is 61.4 Å². The third-order valence-electron chi connectivity index (χ3n) is 5.53. The second-order valence-corrected chi connectivity index (χ2v) is 10.1. The van der Waals surface area contributed by atoms with E-state index in [0.717, 1.165) is 11.1 Å². The van der Waals surface area contributed by atoms with Crippen molar-refractivity contribution in [1.29, 1.82) is 0 Å². The zero-order chi connectivity index (χ0) is 23.3. The highest BCUT2D eigenvalue weighted by molar-refractivity contribution is 7.89. The van der Waals surface area contributed by atoms with E-state index in [9.17, 15) is 18.3 Å². The van der Waals surface area contributed by atoms with E-state index in [1.807, 2.05) is 24.8 Å². The number of aryl methyl sites for hydroxylation is 2. The highest BCUT2D eigenvalue weighted by atomic mass is 32.2. The molecule has 9 heteroatoms.